The molecule has 6 aliphatic rings. The number of Topliss-reactive ketones (excluding diaryl/α,β-unsaturated/α-hetero) is 1. The molecule has 0 spiro atoms. The molecule has 128 valence electrons. The van der Waals surface area contributed by atoms with Crippen LogP contribution in [0.2, 0.25) is 0 Å². The molecule has 1 saturated heterocycles. The van der Waals surface area contributed by atoms with Crippen molar-refractivity contribution in [2.24, 2.45) is 35.0 Å². The van der Waals surface area contributed by atoms with E-state index < -0.39 is 0 Å². The van der Waals surface area contributed by atoms with Gasteiger partial charge in [-0.25, -0.2) is 0 Å². The molecule has 0 unspecified atom stereocenters. The molecule has 0 aromatic rings. The first-order chi connectivity index (χ1) is 11.6. The normalized spacial score (nSPS) is 45.8. The minimum atomic E-state index is -0.221. The molecule has 6 rings (SSSR count). The van der Waals surface area contributed by atoms with Gasteiger partial charge in [-0.3, -0.25) is 19.3 Å². The first kappa shape index (κ1) is 14.9. The Hall–Kier alpha value is -1.45. The minimum Gasteiger partial charge on any atom is -0.297 e. The zero-order chi connectivity index (χ0) is 16.5. The van der Waals surface area contributed by atoms with Gasteiger partial charge in [-0.2, -0.15) is 0 Å². The molecule has 2 amide bonds. The fourth-order valence-electron chi connectivity index (χ4n) is 6.79. The number of nitrogens with zero attached hydrogens (tertiary/aromatic N) is 1. The van der Waals surface area contributed by atoms with Crippen LogP contribution in [-0.4, -0.2) is 29.0 Å². The third-order valence-corrected chi connectivity index (χ3v) is 7.53. The van der Waals surface area contributed by atoms with Crippen molar-refractivity contribution in [1.29, 1.82) is 0 Å². The van der Waals surface area contributed by atoms with E-state index in [4.69, 9.17) is 0 Å². The summed E-state index contributed by atoms with van der Waals surface area (Å²) in [7, 11) is 0. The van der Waals surface area contributed by atoms with Gasteiger partial charge in [0.15, 0.2) is 5.78 Å². The highest BCUT2D eigenvalue weighted by atomic mass is 16.2. The molecule has 2 atom stereocenters. The van der Waals surface area contributed by atoms with Gasteiger partial charge in [0.05, 0.1) is 18.4 Å². The number of ketones is 1. The van der Waals surface area contributed by atoms with Crippen LogP contribution in [0.15, 0.2) is 12.2 Å². The van der Waals surface area contributed by atoms with Gasteiger partial charge >= 0.3 is 0 Å². The predicted molar refractivity (Wildman–Crippen MR) is 87.7 cm³/mol. The quantitative estimate of drug-likeness (QED) is 0.591. The third kappa shape index (κ3) is 2.01. The molecule has 1 heterocycles. The van der Waals surface area contributed by atoms with Crippen molar-refractivity contribution in [3.8, 4) is 0 Å². The lowest BCUT2D eigenvalue weighted by molar-refractivity contribution is -0.152. The number of carbonyl (C=O) groups excluding carboxylic acids is 3. The van der Waals surface area contributed by atoms with E-state index in [-0.39, 0.29) is 41.4 Å². The number of imide groups is 1. The molecule has 1 aliphatic heterocycles. The Labute approximate surface area is 142 Å². The van der Waals surface area contributed by atoms with Gasteiger partial charge < -0.3 is 0 Å². The lowest BCUT2D eigenvalue weighted by Gasteiger charge is -2.56. The minimum absolute atomic E-state index is 0.0385. The van der Waals surface area contributed by atoms with Gasteiger partial charge in [-0.05, 0) is 69.1 Å². The van der Waals surface area contributed by atoms with Crippen LogP contribution >= 0.6 is 0 Å². The summed E-state index contributed by atoms with van der Waals surface area (Å²) in [4.78, 5) is 39.8. The highest BCUT2D eigenvalue weighted by Gasteiger charge is 2.56. The van der Waals surface area contributed by atoms with Crippen molar-refractivity contribution < 1.29 is 14.4 Å². The molecule has 24 heavy (non-hydrogen) atoms. The topological polar surface area (TPSA) is 54.5 Å². The summed E-state index contributed by atoms with van der Waals surface area (Å²) in [5, 5.41) is 0. The zero-order valence-corrected chi connectivity index (χ0v) is 14.1. The second-order valence-electron chi connectivity index (χ2n) is 9.04. The van der Waals surface area contributed by atoms with Gasteiger partial charge in [0.1, 0.15) is 0 Å². The smallest absolute Gasteiger partial charge is 0.233 e. The first-order valence-corrected chi connectivity index (χ1v) is 9.59. The van der Waals surface area contributed by atoms with Gasteiger partial charge in [0.25, 0.3) is 0 Å². The number of likely N-dealkylation sites (tertiary alicyclic amines) is 1. The third-order valence-electron chi connectivity index (χ3n) is 7.53. The van der Waals surface area contributed by atoms with E-state index in [0.29, 0.717) is 30.6 Å². The van der Waals surface area contributed by atoms with Crippen LogP contribution in [0, 0.1) is 35.0 Å². The lowest BCUT2D eigenvalue weighted by Crippen LogP contribution is -2.53. The number of carbonyl (C=O) groups is 3. The summed E-state index contributed by atoms with van der Waals surface area (Å²) in [6.07, 6.45) is 12.2. The fraction of sp³-hybridized carbons (Fsp3) is 0.750. The van der Waals surface area contributed by atoms with Gasteiger partial charge in [-0.15, -0.1) is 0 Å². The number of hydrogen-bond donors (Lipinski definition) is 0. The largest absolute Gasteiger partial charge is 0.297 e. The first-order valence-electron chi connectivity index (χ1n) is 9.59. The standard InChI is InChI=1S/C20H25NO3/c22-17(20-8-12-5-13(9-20)7-14(6-12)10-20)11-21-18(23)15-3-1-2-4-16(15)19(21)24/h1-2,12-16H,3-11H2/t12?,13?,14?,15-,16-,20?/m0/s1. The average Bonchev–Trinajstić information content (AvgIpc) is 2.79. The number of fused-ring (bicyclic) bond motifs is 1. The Kier molecular flexibility index (Phi) is 3.11. The second-order valence-corrected chi connectivity index (χ2v) is 9.04. The van der Waals surface area contributed by atoms with E-state index in [1.54, 1.807) is 0 Å². The Balaban J connectivity index is 1.36. The molecule has 4 bridgehead atoms. The molecule has 4 heteroatoms. The van der Waals surface area contributed by atoms with Crippen molar-refractivity contribution in [2.45, 2.75) is 51.4 Å². The molecule has 0 radical (unpaired) electrons. The maximum atomic E-state index is 13.2. The molecule has 4 nitrogen and oxygen atoms in total. The Morgan fingerprint density at radius 2 is 1.38 bits per heavy atom. The highest BCUT2D eigenvalue weighted by Crippen LogP contribution is 2.60. The molecule has 0 N–H and O–H groups in total. The molecule has 5 fully saturated rings. The lowest BCUT2D eigenvalue weighted by atomic mass is 9.48. The zero-order valence-electron chi connectivity index (χ0n) is 14.1. The van der Waals surface area contributed by atoms with Crippen LogP contribution in [0.25, 0.3) is 0 Å². The summed E-state index contributed by atoms with van der Waals surface area (Å²) in [6, 6.07) is 0. The number of rotatable bonds is 3. The SMILES string of the molecule is O=C1[C@H]2CC=CC[C@@H]2C(=O)N1CC(=O)C12CC3CC(CC(C3)C1)C2. The maximum absolute atomic E-state index is 13.2. The van der Waals surface area contributed by atoms with Crippen molar-refractivity contribution in [1.82, 2.24) is 4.90 Å². The van der Waals surface area contributed by atoms with Crippen LogP contribution in [0.4, 0.5) is 0 Å². The Morgan fingerprint density at radius 1 is 0.917 bits per heavy atom. The van der Waals surface area contributed by atoms with Crippen LogP contribution in [0.1, 0.15) is 51.4 Å². The molecule has 4 saturated carbocycles. The summed E-state index contributed by atoms with van der Waals surface area (Å²) >= 11 is 0. The van der Waals surface area contributed by atoms with E-state index in [1.165, 1.54) is 24.2 Å². The number of hydrogen-bond acceptors (Lipinski definition) is 3. The molecular weight excluding hydrogens is 302 g/mol. The van der Waals surface area contributed by atoms with Crippen LogP contribution in [0.5, 0.6) is 0 Å². The van der Waals surface area contributed by atoms with E-state index in [9.17, 15) is 14.4 Å². The van der Waals surface area contributed by atoms with E-state index in [2.05, 4.69) is 0 Å². The average molecular weight is 327 g/mol. The van der Waals surface area contributed by atoms with E-state index >= 15 is 0 Å². The summed E-state index contributed by atoms with van der Waals surface area (Å²) in [6.45, 7) is 0.0385. The monoisotopic (exact) mass is 327 g/mol. The van der Waals surface area contributed by atoms with Crippen molar-refractivity contribution in [2.75, 3.05) is 6.54 Å². The summed E-state index contributed by atoms with van der Waals surface area (Å²) < 4.78 is 0. The van der Waals surface area contributed by atoms with Crippen LogP contribution < -0.4 is 0 Å². The van der Waals surface area contributed by atoms with Crippen molar-refractivity contribution >= 4 is 17.6 Å². The summed E-state index contributed by atoms with van der Waals surface area (Å²) in [5.41, 5.74) is -0.221. The Bertz CT molecular complexity index is 588. The van der Waals surface area contributed by atoms with E-state index in [1.807, 2.05) is 12.2 Å². The van der Waals surface area contributed by atoms with Gasteiger partial charge in [0.2, 0.25) is 11.8 Å². The highest BCUT2D eigenvalue weighted by molar-refractivity contribution is 6.08. The van der Waals surface area contributed by atoms with Crippen molar-refractivity contribution in [3.63, 3.8) is 0 Å². The number of allylic oxidation sites excluding steroid dienone is 2. The van der Waals surface area contributed by atoms with Crippen LogP contribution in [-0.2, 0) is 14.4 Å². The van der Waals surface area contributed by atoms with Crippen LogP contribution in [0.3, 0.4) is 0 Å². The van der Waals surface area contributed by atoms with Crippen molar-refractivity contribution in [3.05, 3.63) is 12.2 Å². The Morgan fingerprint density at radius 3 is 1.83 bits per heavy atom. The van der Waals surface area contributed by atoms with Gasteiger partial charge in [-0.1, -0.05) is 12.2 Å². The van der Waals surface area contributed by atoms with Gasteiger partial charge in [0, 0.05) is 5.41 Å². The van der Waals surface area contributed by atoms with E-state index in [0.717, 1.165) is 19.3 Å². The molecule has 5 aliphatic carbocycles. The molecule has 0 aromatic heterocycles. The second kappa shape index (κ2) is 5.03. The molecule has 0 aromatic carbocycles. The fourth-order valence-corrected chi connectivity index (χ4v) is 6.79. The molecular formula is C20H25NO3. The predicted octanol–water partition coefficient (Wildman–Crippen LogP) is 2.72. The number of amides is 2. The maximum Gasteiger partial charge on any atom is 0.233 e. The summed E-state index contributed by atoms with van der Waals surface area (Å²) in [5.74, 6) is 1.65.